The maximum atomic E-state index is 14.6. The summed E-state index contributed by atoms with van der Waals surface area (Å²) in [4.78, 5) is 53.7. The van der Waals surface area contributed by atoms with Crippen molar-refractivity contribution in [1.82, 2.24) is 25.0 Å². The molecule has 224 valence electrons. The van der Waals surface area contributed by atoms with Gasteiger partial charge in [0.25, 0.3) is 0 Å². The summed E-state index contributed by atoms with van der Waals surface area (Å²) in [6.07, 6.45) is 1.65. The molecular formula is C28H32ClFN6O5S. The maximum absolute atomic E-state index is 14.6. The number of carbonyl (C=O) groups is 3. The Kier molecular flexibility index (Phi) is 8.53. The number of nitrogens with zero attached hydrogens (tertiary/aromatic N) is 5. The van der Waals surface area contributed by atoms with Gasteiger partial charge in [0.15, 0.2) is 10.8 Å². The molecule has 11 nitrogen and oxygen atoms in total. The van der Waals surface area contributed by atoms with Gasteiger partial charge in [-0.15, -0.1) is 11.3 Å². The second-order valence-corrected chi connectivity index (χ2v) is 11.9. The number of aromatic nitrogens is 1. The molecule has 2 saturated heterocycles. The summed E-state index contributed by atoms with van der Waals surface area (Å²) in [6.45, 7) is 7.28. The third-order valence-corrected chi connectivity index (χ3v) is 8.89. The number of carbonyl (C=O) groups excluding carboxylic acids is 3. The van der Waals surface area contributed by atoms with E-state index in [0.29, 0.717) is 54.8 Å². The summed E-state index contributed by atoms with van der Waals surface area (Å²) in [5.41, 5.74) is -0.0269. The first-order valence-electron chi connectivity index (χ1n) is 13.5. The molecule has 1 aromatic heterocycles. The van der Waals surface area contributed by atoms with Crippen LogP contribution in [-0.4, -0.2) is 102 Å². The van der Waals surface area contributed by atoms with Gasteiger partial charge in [-0.1, -0.05) is 23.7 Å². The van der Waals surface area contributed by atoms with Crippen LogP contribution in [-0.2, 0) is 19.1 Å². The van der Waals surface area contributed by atoms with Crippen molar-refractivity contribution in [2.45, 2.75) is 38.4 Å². The predicted octanol–water partition coefficient (Wildman–Crippen LogP) is 3.22. The van der Waals surface area contributed by atoms with Crippen LogP contribution in [0, 0.1) is 5.82 Å². The van der Waals surface area contributed by atoms with Gasteiger partial charge in [-0.05, 0) is 26.8 Å². The zero-order chi connectivity index (χ0) is 30.2. The van der Waals surface area contributed by atoms with Crippen molar-refractivity contribution in [3.05, 3.63) is 62.5 Å². The highest BCUT2D eigenvalue weighted by Gasteiger charge is 2.49. The van der Waals surface area contributed by atoms with E-state index in [4.69, 9.17) is 26.1 Å². The van der Waals surface area contributed by atoms with Gasteiger partial charge in [-0.25, -0.2) is 23.8 Å². The van der Waals surface area contributed by atoms with Crippen LogP contribution >= 0.6 is 22.9 Å². The Balaban J connectivity index is 1.48. The lowest BCUT2D eigenvalue weighted by Crippen LogP contribution is -2.54. The molecule has 0 radical (unpaired) electrons. The van der Waals surface area contributed by atoms with Crippen LogP contribution in [0.4, 0.5) is 9.18 Å². The summed E-state index contributed by atoms with van der Waals surface area (Å²) in [6, 6.07) is 3.09. The highest BCUT2D eigenvalue weighted by molar-refractivity contribution is 7.11. The van der Waals surface area contributed by atoms with E-state index >= 15 is 0 Å². The van der Waals surface area contributed by atoms with Gasteiger partial charge in [0.05, 0.1) is 30.4 Å². The number of thiazole rings is 1. The van der Waals surface area contributed by atoms with Gasteiger partial charge in [-0.3, -0.25) is 9.89 Å². The number of esters is 2. The molecule has 0 bridgehead atoms. The summed E-state index contributed by atoms with van der Waals surface area (Å²) in [5, 5.41) is 5.58. The van der Waals surface area contributed by atoms with Crippen molar-refractivity contribution in [3.63, 3.8) is 0 Å². The fraction of sp³-hybridized carbons (Fsp3) is 0.464. The van der Waals surface area contributed by atoms with E-state index in [0.717, 1.165) is 0 Å². The molecule has 1 aromatic carbocycles. The monoisotopic (exact) mass is 618 g/mol. The number of methoxy groups -OCH3 is 1. The van der Waals surface area contributed by atoms with Crippen molar-refractivity contribution in [3.8, 4) is 0 Å². The molecular weight excluding hydrogens is 587 g/mol. The molecule has 2 fully saturated rings. The van der Waals surface area contributed by atoms with Gasteiger partial charge in [-0.2, -0.15) is 0 Å². The molecule has 14 heteroatoms. The molecule has 3 aliphatic rings. The van der Waals surface area contributed by atoms with Crippen molar-refractivity contribution >= 4 is 46.7 Å². The minimum Gasteiger partial charge on any atom is -0.467 e. The summed E-state index contributed by atoms with van der Waals surface area (Å²) >= 11 is 7.78. The van der Waals surface area contributed by atoms with Crippen molar-refractivity contribution < 1.29 is 28.2 Å². The van der Waals surface area contributed by atoms with Crippen LogP contribution in [0.3, 0.4) is 0 Å². The molecule has 4 heterocycles. The van der Waals surface area contributed by atoms with E-state index in [1.807, 2.05) is 5.38 Å². The summed E-state index contributed by atoms with van der Waals surface area (Å²) < 4.78 is 25.0. The van der Waals surface area contributed by atoms with Gasteiger partial charge in [0.1, 0.15) is 17.4 Å². The van der Waals surface area contributed by atoms with Crippen LogP contribution < -0.4 is 5.32 Å². The predicted molar refractivity (Wildman–Crippen MR) is 155 cm³/mol. The summed E-state index contributed by atoms with van der Waals surface area (Å²) in [5.74, 6) is -1.27. The quantitative estimate of drug-likeness (QED) is 0.449. The molecule has 5 rings (SSSR count). The Hall–Kier alpha value is -3.55. The van der Waals surface area contributed by atoms with Crippen molar-refractivity contribution in [2.75, 3.05) is 46.4 Å². The number of hydrogen-bond donors (Lipinski definition) is 1. The average Bonchev–Trinajstić information content (AvgIpc) is 3.62. The van der Waals surface area contributed by atoms with E-state index in [1.165, 1.54) is 30.6 Å². The standard InChI is InChI=1S/C28H32ClFN6O5S/c1-5-41-25(37)20-19(15-34-10-11-35-16(13-34)14-36(27(35)39)28(2,3)26(38)40-4)32-23(24-31-9-12-42-24)33-22(20)17-7-6-8-18(30)21(17)29/h6-9,12,16,22H,5,10-11,13-15H2,1-4H3,(H,32,33). The van der Waals surface area contributed by atoms with E-state index in [9.17, 15) is 18.8 Å². The number of fused-ring (bicyclic) bond motifs is 1. The number of benzene rings is 1. The topological polar surface area (TPSA) is 117 Å². The Labute approximate surface area is 251 Å². The molecule has 0 aliphatic carbocycles. The molecule has 1 N–H and O–H groups in total. The normalized spacial score (nSPS) is 21.2. The number of aliphatic imine (C=N–C) groups is 1. The minimum atomic E-state index is -1.12. The fourth-order valence-corrected chi connectivity index (χ4v) is 6.36. The zero-order valence-electron chi connectivity index (χ0n) is 23.7. The lowest BCUT2D eigenvalue weighted by Gasteiger charge is -2.38. The van der Waals surface area contributed by atoms with Crippen LogP contribution in [0.5, 0.6) is 0 Å². The highest BCUT2D eigenvalue weighted by Crippen LogP contribution is 2.38. The number of amidine groups is 1. The van der Waals surface area contributed by atoms with Crippen LogP contribution in [0.2, 0.25) is 5.02 Å². The van der Waals surface area contributed by atoms with E-state index in [-0.39, 0.29) is 29.3 Å². The number of urea groups is 1. The molecule has 2 aromatic rings. The maximum Gasteiger partial charge on any atom is 0.338 e. The second kappa shape index (κ2) is 12.0. The minimum absolute atomic E-state index is 0.126. The van der Waals surface area contributed by atoms with Gasteiger partial charge in [0.2, 0.25) is 0 Å². The molecule has 2 atom stereocenters. The Morgan fingerprint density at radius 2 is 2.05 bits per heavy atom. The third-order valence-electron chi connectivity index (χ3n) is 7.71. The SMILES string of the molecule is CCOC(=O)C1=C(CN2CCN3C(=O)N(C(C)(C)C(=O)OC)CC3C2)NC(c2nccs2)=NC1c1cccc(F)c1Cl. The van der Waals surface area contributed by atoms with Crippen molar-refractivity contribution in [1.29, 1.82) is 0 Å². The van der Waals surface area contributed by atoms with Crippen LogP contribution in [0.15, 0.2) is 46.0 Å². The van der Waals surface area contributed by atoms with Gasteiger partial charge >= 0.3 is 18.0 Å². The van der Waals surface area contributed by atoms with Crippen molar-refractivity contribution in [2.24, 2.45) is 4.99 Å². The van der Waals surface area contributed by atoms with Gasteiger partial charge in [0, 0.05) is 55.6 Å². The molecule has 0 spiro atoms. The van der Waals surface area contributed by atoms with Crippen LogP contribution in [0.1, 0.15) is 37.4 Å². The van der Waals surface area contributed by atoms with Gasteiger partial charge < -0.3 is 24.6 Å². The average molecular weight is 619 g/mol. The highest BCUT2D eigenvalue weighted by atomic mass is 35.5. The first kappa shape index (κ1) is 29.9. The lowest BCUT2D eigenvalue weighted by atomic mass is 9.95. The van der Waals surface area contributed by atoms with Crippen LogP contribution in [0.25, 0.3) is 0 Å². The molecule has 2 unspecified atom stereocenters. The number of halogens is 2. The number of nitrogens with one attached hydrogen (secondary N) is 1. The third kappa shape index (κ3) is 5.48. The Morgan fingerprint density at radius 1 is 1.26 bits per heavy atom. The lowest BCUT2D eigenvalue weighted by molar-refractivity contribution is -0.151. The smallest absolute Gasteiger partial charge is 0.338 e. The van der Waals surface area contributed by atoms with E-state index < -0.39 is 29.3 Å². The summed E-state index contributed by atoms with van der Waals surface area (Å²) in [7, 11) is 1.30. The first-order valence-corrected chi connectivity index (χ1v) is 14.8. The largest absolute Gasteiger partial charge is 0.467 e. The molecule has 3 aliphatic heterocycles. The zero-order valence-corrected chi connectivity index (χ0v) is 25.3. The number of rotatable bonds is 8. The number of amides is 2. The first-order chi connectivity index (χ1) is 20.1. The van der Waals surface area contributed by atoms with E-state index in [2.05, 4.69) is 15.2 Å². The molecule has 42 heavy (non-hydrogen) atoms. The Morgan fingerprint density at radius 3 is 2.74 bits per heavy atom. The number of piperazine rings is 1. The second-order valence-electron chi connectivity index (χ2n) is 10.6. The Bertz CT molecular complexity index is 1450. The van der Waals surface area contributed by atoms with E-state index in [1.54, 1.807) is 42.8 Å². The molecule has 2 amide bonds. The molecule has 0 saturated carbocycles. The fourth-order valence-electron chi connectivity index (χ4n) is 5.54. The number of ether oxygens (including phenoxy) is 2. The number of hydrogen-bond acceptors (Lipinski definition) is 10.